The number of hydrogen-bond acceptors (Lipinski definition) is 5. The van der Waals surface area contributed by atoms with Gasteiger partial charge in [0.1, 0.15) is 0 Å². The third kappa shape index (κ3) is 7.81. The van der Waals surface area contributed by atoms with Crippen LogP contribution < -0.4 is 15.5 Å². The van der Waals surface area contributed by atoms with Crippen LogP contribution in [0, 0.1) is 12.8 Å². The average molecular weight is 597 g/mol. The highest BCUT2D eigenvalue weighted by Gasteiger charge is 2.35. The van der Waals surface area contributed by atoms with Crippen LogP contribution in [-0.2, 0) is 11.0 Å². The fraction of sp³-hybridized carbons (Fsp3) is 0.424. The lowest BCUT2D eigenvalue weighted by Gasteiger charge is -2.32. The lowest BCUT2D eigenvalue weighted by atomic mass is 9.99. The molecule has 2 N–H and O–H groups in total. The van der Waals surface area contributed by atoms with E-state index in [9.17, 15) is 18.0 Å². The SMILES string of the molecule is Cc1ccc(-c2ccccc2SCC2CCN(C(=O)CCNc3ccc(N4CCNCC4)c(C(F)(F)F)c3)CC2)cc1. The molecule has 3 aromatic rings. The van der Waals surface area contributed by atoms with Crippen molar-refractivity contribution in [3.63, 3.8) is 0 Å². The van der Waals surface area contributed by atoms with Gasteiger partial charge in [-0.05, 0) is 61.1 Å². The first kappa shape index (κ1) is 30.3. The zero-order valence-electron chi connectivity index (χ0n) is 24.1. The van der Waals surface area contributed by atoms with Crippen LogP contribution in [0.4, 0.5) is 24.5 Å². The molecule has 0 atom stereocenters. The first-order valence-corrected chi connectivity index (χ1v) is 15.7. The number of rotatable bonds is 9. The van der Waals surface area contributed by atoms with Crippen molar-refractivity contribution < 1.29 is 18.0 Å². The van der Waals surface area contributed by atoms with Crippen LogP contribution in [0.2, 0.25) is 0 Å². The molecule has 2 aliphatic rings. The number of piperidine rings is 1. The fourth-order valence-corrected chi connectivity index (χ4v) is 6.91. The van der Waals surface area contributed by atoms with E-state index in [-0.39, 0.29) is 18.0 Å². The van der Waals surface area contributed by atoms with Crippen LogP contribution >= 0.6 is 11.8 Å². The summed E-state index contributed by atoms with van der Waals surface area (Å²) in [6.45, 7) is 6.26. The summed E-state index contributed by atoms with van der Waals surface area (Å²) in [6.07, 6.45) is -2.27. The Morgan fingerprint density at radius 1 is 0.976 bits per heavy atom. The molecule has 2 saturated heterocycles. The van der Waals surface area contributed by atoms with E-state index < -0.39 is 11.7 Å². The predicted molar refractivity (Wildman–Crippen MR) is 166 cm³/mol. The predicted octanol–water partition coefficient (Wildman–Crippen LogP) is 6.92. The van der Waals surface area contributed by atoms with Gasteiger partial charge in [0.25, 0.3) is 0 Å². The van der Waals surface area contributed by atoms with E-state index in [0.717, 1.165) is 31.7 Å². The number of anilines is 2. The van der Waals surface area contributed by atoms with Crippen molar-refractivity contribution in [3.05, 3.63) is 77.9 Å². The van der Waals surface area contributed by atoms with Crippen LogP contribution in [0.3, 0.4) is 0 Å². The highest BCUT2D eigenvalue weighted by molar-refractivity contribution is 7.99. The summed E-state index contributed by atoms with van der Waals surface area (Å²) < 4.78 is 41.5. The Bertz CT molecular complexity index is 1330. The average Bonchev–Trinajstić information content (AvgIpc) is 3.01. The first-order chi connectivity index (χ1) is 20.3. The van der Waals surface area contributed by atoms with Crippen LogP contribution in [0.15, 0.2) is 71.6 Å². The van der Waals surface area contributed by atoms with E-state index in [0.29, 0.717) is 44.3 Å². The molecule has 1 amide bonds. The van der Waals surface area contributed by atoms with Crippen LogP contribution in [0.5, 0.6) is 0 Å². The molecule has 3 aromatic carbocycles. The third-order valence-corrected chi connectivity index (χ3v) is 9.42. The minimum atomic E-state index is -4.45. The van der Waals surface area contributed by atoms with Crippen LogP contribution in [-0.4, -0.2) is 62.4 Å². The topological polar surface area (TPSA) is 47.6 Å². The highest BCUT2D eigenvalue weighted by Crippen LogP contribution is 2.39. The van der Waals surface area contributed by atoms with E-state index in [1.54, 1.807) is 17.0 Å². The standard InChI is InChI=1S/C33H39F3N4OS/c1-24-6-8-26(9-7-24)28-4-2-3-5-31(28)42-23-25-13-18-40(19-14-25)32(41)12-15-38-27-10-11-30(29(22-27)33(34,35)36)39-20-16-37-17-21-39/h2-11,22,25,37-38H,12-21,23H2,1H3. The Morgan fingerprint density at radius 3 is 2.40 bits per heavy atom. The molecule has 9 heteroatoms. The number of thioether (sulfide) groups is 1. The van der Waals surface area contributed by atoms with E-state index in [2.05, 4.69) is 66.1 Å². The third-order valence-electron chi connectivity index (χ3n) is 8.12. The van der Waals surface area contributed by atoms with Crippen molar-refractivity contribution in [3.8, 4) is 11.1 Å². The maximum Gasteiger partial charge on any atom is 0.418 e. The summed E-state index contributed by atoms with van der Waals surface area (Å²) in [5.41, 5.74) is 3.69. The lowest BCUT2D eigenvalue weighted by Crippen LogP contribution is -2.44. The maximum absolute atomic E-state index is 13.8. The van der Waals surface area contributed by atoms with Gasteiger partial charge in [0.05, 0.1) is 5.56 Å². The number of nitrogens with one attached hydrogen (secondary N) is 2. The minimum Gasteiger partial charge on any atom is -0.385 e. The second-order valence-corrected chi connectivity index (χ2v) is 12.2. The minimum absolute atomic E-state index is 0.0480. The molecular weight excluding hydrogens is 557 g/mol. The number of nitrogens with zero attached hydrogens (tertiary/aromatic N) is 2. The van der Waals surface area contributed by atoms with Gasteiger partial charge in [-0.3, -0.25) is 4.79 Å². The van der Waals surface area contributed by atoms with E-state index >= 15 is 0 Å². The number of amides is 1. The van der Waals surface area contributed by atoms with E-state index in [1.807, 2.05) is 16.7 Å². The number of piperazine rings is 1. The maximum atomic E-state index is 13.8. The molecule has 0 spiro atoms. The number of alkyl halides is 3. The van der Waals surface area contributed by atoms with Gasteiger partial charge < -0.3 is 20.4 Å². The van der Waals surface area contributed by atoms with Gasteiger partial charge in [-0.25, -0.2) is 0 Å². The molecule has 0 aliphatic carbocycles. The Hall–Kier alpha value is -3.17. The summed E-state index contributed by atoms with van der Waals surface area (Å²) in [5, 5.41) is 6.22. The molecule has 2 heterocycles. The molecule has 42 heavy (non-hydrogen) atoms. The fourth-order valence-electron chi connectivity index (χ4n) is 5.65. The number of halogens is 3. The van der Waals surface area contributed by atoms with E-state index in [4.69, 9.17) is 0 Å². The first-order valence-electron chi connectivity index (χ1n) is 14.8. The number of carbonyl (C=O) groups excluding carboxylic acids is 1. The Kier molecular flexibility index (Phi) is 10.0. The highest BCUT2D eigenvalue weighted by atomic mass is 32.2. The number of carbonyl (C=O) groups is 1. The van der Waals surface area contributed by atoms with Gasteiger partial charge in [0.15, 0.2) is 0 Å². The van der Waals surface area contributed by atoms with Gasteiger partial charge in [0, 0.05) is 74.3 Å². The second-order valence-electron chi connectivity index (χ2n) is 11.1. The monoisotopic (exact) mass is 596 g/mol. The summed E-state index contributed by atoms with van der Waals surface area (Å²) >= 11 is 1.89. The smallest absolute Gasteiger partial charge is 0.385 e. The Balaban J connectivity index is 1.08. The van der Waals surface area contributed by atoms with Gasteiger partial charge in [-0.2, -0.15) is 13.2 Å². The quantitative estimate of drug-likeness (QED) is 0.263. The molecule has 0 radical (unpaired) electrons. The summed E-state index contributed by atoms with van der Waals surface area (Å²) in [7, 11) is 0. The molecular formula is C33H39F3N4OS. The summed E-state index contributed by atoms with van der Waals surface area (Å²) in [6, 6.07) is 21.5. The number of likely N-dealkylation sites (tertiary alicyclic amines) is 1. The zero-order chi connectivity index (χ0) is 29.5. The van der Waals surface area contributed by atoms with Crippen molar-refractivity contribution in [1.82, 2.24) is 10.2 Å². The van der Waals surface area contributed by atoms with Crippen molar-refractivity contribution in [2.24, 2.45) is 5.92 Å². The zero-order valence-corrected chi connectivity index (χ0v) is 24.9. The molecule has 2 fully saturated rings. The Labute approximate surface area is 250 Å². The molecule has 0 unspecified atom stereocenters. The molecule has 5 rings (SSSR count). The van der Waals surface area contributed by atoms with Crippen LogP contribution in [0.25, 0.3) is 11.1 Å². The van der Waals surface area contributed by atoms with Crippen molar-refractivity contribution in [2.45, 2.75) is 37.3 Å². The molecule has 224 valence electrons. The van der Waals surface area contributed by atoms with E-state index in [1.165, 1.54) is 27.7 Å². The molecule has 0 saturated carbocycles. The van der Waals surface area contributed by atoms with Gasteiger partial charge >= 0.3 is 6.18 Å². The van der Waals surface area contributed by atoms with Gasteiger partial charge in [-0.15, -0.1) is 11.8 Å². The molecule has 5 nitrogen and oxygen atoms in total. The number of aryl methyl sites for hydroxylation is 1. The van der Waals surface area contributed by atoms with Crippen molar-refractivity contribution in [2.75, 3.05) is 61.8 Å². The molecule has 0 bridgehead atoms. The van der Waals surface area contributed by atoms with Gasteiger partial charge in [-0.1, -0.05) is 48.0 Å². The van der Waals surface area contributed by atoms with Crippen LogP contribution in [0.1, 0.15) is 30.4 Å². The lowest BCUT2D eigenvalue weighted by molar-refractivity contribution is -0.137. The van der Waals surface area contributed by atoms with Crippen molar-refractivity contribution >= 4 is 29.0 Å². The van der Waals surface area contributed by atoms with Gasteiger partial charge in [0.2, 0.25) is 5.91 Å². The second kappa shape index (κ2) is 13.9. The number of hydrogen-bond donors (Lipinski definition) is 2. The summed E-state index contributed by atoms with van der Waals surface area (Å²) in [5.74, 6) is 1.60. The molecule has 0 aromatic heterocycles. The largest absolute Gasteiger partial charge is 0.418 e. The normalized spacial score (nSPS) is 16.5. The Morgan fingerprint density at radius 2 is 1.69 bits per heavy atom. The molecule has 2 aliphatic heterocycles. The van der Waals surface area contributed by atoms with Crippen molar-refractivity contribution in [1.29, 1.82) is 0 Å². The number of benzene rings is 3. The summed E-state index contributed by atoms with van der Waals surface area (Å²) in [4.78, 5) is 17.8.